The van der Waals surface area contributed by atoms with Crippen molar-refractivity contribution in [1.82, 2.24) is 9.55 Å². The molecule has 1 aromatic carbocycles. The number of hydrogen-bond donors (Lipinski definition) is 2. The van der Waals surface area contributed by atoms with Gasteiger partial charge in [-0.15, -0.1) is 0 Å². The van der Waals surface area contributed by atoms with Gasteiger partial charge in [-0.2, -0.15) is 0 Å². The highest BCUT2D eigenvalue weighted by Gasteiger charge is 2.12. The number of hydrogen-bond acceptors (Lipinski definition) is 4. The van der Waals surface area contributed by atoms with Crippen LogP contribution in [-0.2, 0) is 4.74 Å². The van der Waals surface area contributed by atoms with Crippen molar-refractivity contribution < 1.29 is 9.84 Å². The van der Waals surface area contributed by atoms with Crippen LogP contribution < -0.4 is 5.56 Å². The predicted octanol–water partition coefficient (Wildman–Crippen LogP) is 6.01. The molecule has 1 atom stereocenters. The minimum absolute atomic E-state index is 0.0742. The maximum Gasteiger partial charge on any atom is 0.262 e. The van der Waals surface area contributed by atoms with Crippen molar-refractivity contribution in [2.45, 2.75) is 40.0 Å². The Kier molecular flexibility index (Phi) is 8.73. The lowest BCUT2D eigenvalue weighted by Gasteiger charge is -2.11. The minimum atomic E-state index is -0.479. The van der Waals surface area contributed by atoms with Gasteiger partial charge in [0.1, 0.15) is 5.56 Å². The zero-order chi connectivity index (χ0) is 21.4. The van der Waals surface area contributed by atoms with Crippen molar-refractivity contribution in [2.24, 2.45) is 5.92 Å². The van der Waals surface area contributed by atoms with Gasteiger partial charge in [-0.25, -0.2) is 0 Å². The Balaban J connectivity index is 2.04. The third-order valence-corrected chi connectivity index (χ3v) is 5.01. The van der Waals surface area contributed by atoms with Gasteiger partial charge in [-0.3, -0.25) is 14.3 Å². The van der Waals surface area contributed by atoms with Gasteiger partial charge in [-0.1, -0.05) is 30.2 Å². The van der Waals surface area contributed by atoms with E-state index in [1.165, 1.54) is 22.5 Å². The minimum Gasteiger partial charge on any atom is -0.501 e. The van der Waals surface area contributed by atoms with Crippen molar-refractivity contribution in [2.75, 3.05) is 6.61 Å². The van der Waals surface area contributed by atoms with Crippen molar-refractivity contribution >= 4 is 29.9 Å². The highest BCUT2D eigenvalue weighted by molar-refractivity contribution is 7.71. The zero-order valence-electron chi connectivity index (χ0n) is 16.9. The van der Waals surface area contributed by atoms with Crippen molar-refractivity contribution in [3.8, 4) is 11.6 Å². The lowest BCUT2D eigenvalue weighted by atomic mass is 10.0. The van der Waals surface area contributed by atoms with E-state index in [0.29, 0.717) is 23.2 Å². The topological polar surface area (TPSA) is 67.2 Å². The van der Waals surface area contributed by atoms with Gasteiger partial charge >= 0.3 is 0 Å². The molecule has 1 aromatic heterocycles. The normalized spacial score (nSPS) is 12.1. The number of rotatable bonds is 9. The molecular weight excluding hydrogens is 408 g/mol. The SMILES string of the molecule is CC(C)=CCCC(C)CCOC=Cc1c(O)n(-c2ccc(Cl)cc2)c(=S)[nH]c1=O. The van der Waals surface area contributed by atoms with Gasteiger partial charge in [0, 0.05) is 5.02 Å². The lowest BCUT2D eigenvalue weighted by Crippen LogP contribution is -2.15. The van der Waals surface area contributed by atoms with Crippen LogP contribution in [-0.4, -0.2) is 21.3 Å². The first-order valence-corrected chi connectivity index (χ1v) is 10.3. The van der Waals surface area contributed by atoms with Gasteiger partial charge < -0.3 is 9.84 Å². The number of nitrogens with zero attached hydrogens (tertiary/aromatic N) is 1. The van der Waals surface area contributed by atoms with E-state index < -0.39 is 5.56 Å². The van der Waals surface area contributed by atoms with E-state index in [-0.39, 0.29) is 16.2 Å². The summed E-state index contributed by atoms with van der Waals surface area (Å²) in [4.78, 5) is 14.8. The molecule has 156 valence electrons. The maximum absolute atomic E-state index is 12.2. The predicted molar refractivity (Wildman–Crippen MR) is 121 cm³/mol. The molecule has 2 N–H and O–H groups in total. The van der Waals surface area contributed by atoms with E-state index in [0.717, 1.165) is 19.3 Å². The van der Waals surface area contributed by atoms with Crippen LogP contribution in [0.4, 0.5) is 0 Å². The number of benzene rings is 1. The Bertz CT molecular complexity index is 987. The number of aromatic hydroxyl groups is 1. The molecule has 0 amide bonds. The second kappa shape index (κ2) is 11.0. The Hall–Kier alpha value is -2.31. The molecule has 0 fully saturated rings. The number of ether oxygens (including phenoxy) is 1. The fourth-order valence-corrected chi connectivity index (χ4v) is 3.18. The first kappa shape index (κ1) is 23.0. The molecule has 29 heavy (non-hydrogen) atoms. The van der Waals surface area contributed by atoms with Crippen LogP contribution in [0.3, 0.4) is 0 Å². The number of halogens is 1. The highest BCUT2D eigenvalue weighted by atomic mass is 35.5. The van der Waals surface area contributed by atoms with Crippen LogP contribution in [0.1, 0.15) is 45.6 Å². The molecule has 0 radical (unpaired) electrons. The highest BCUT2D eigenvalue weighted by Crippen LogP contribution is 2.22. The Labute approximate surface area is 181 Å². The molecule has 0 aliphatic carbocycles. The molecule has 0 spiro atoms. The van der Waals surface area contributed by atoms with Gasteiger partial charge in [0.25, 0.3) is 5.56 Å². The summed E-state index contributed by atoms with van der Waals surface area (Å²) in [7, 11) is 0. The van der Waals surface area contributed by atoms with Crippen molar-refractivity contribution in [1.29, 1.82) is 0 Å². The van der Waals surface area contributed by atoms with Crippen molar-refractivity contribution in [3.63, 3.8) is 0 Å². The maximum atomic E-state index is 12.2. The third kappa shape index (κ3) is 6.91. The lowest BCUT2D eigenvalue weighted by molar-refractivity contribution is 0.225. The van der Waals surface area contributed by atoms with E-state index in [4.69, 9.17) is 28.6 Å². The molecule has 7 heteroatoms. The number of H-pyrrole nitrogens is 1. The second-order valence-corrected chi connectivity index (χ2v) is 8.06. The molecule has 0 saturated carbocycles. The van der Waals surface area contributed by atoms with Gasteiger partial charge in [0.05, 0.1) is 18.6 Å². The number of aromatic amines is 1. The Morgan fingerprint density at radius 3 is 2.66 bits per heavy atom. The molecule has 2 rings (SSSR count). The van der Waals surface area contributed by atoms with E-state index in [2.05, 4.69) is 31.8 Å². The molecular formula is C22H27ClN2O3S. The third-order valence-electron chi connectivity index (χ3n) is 4.48. The van der Waals surface area contributed by atoms with Crippen LogP contribution in [0.5, 0.6) is 5.88 Å². The molecule has 2 aromatic rings. The second-order valence-electron chi connectivity index (χ2n) is 7.23. The average Bonchev–Trinajstić information content (AvgIpc) is 2.64. The first-order valence-electron chi connectivity index (χ1n) is 9.55. The number of aromatic nitrogens is 2. The molecule has 0 aliphatic rings. The van der Waals surface area contributed by atoms with E-state index in [1.54, 1.807) is 24.3 Å². The summed E-state index contributed by atoms with van der Waals surface area (Å²) < 4.78 is 6.99. The first-order chi connectivity index (χ1) is 13.8. The molecule has 0 aliphatic heterocycles. The summed E-state index contributed by atoms with van der Waals surface area (Å²) >= 11 is 11.1. The number of nitrogens with one attached hydrogen (secondary N) is 1. The summed E-state index contributed by atoms with van der Waals surface area (Å²) in [6, 6.07) is 6.77. The monoisotopic (exact) mass is 434 g/mol. The van der Waals surface area contributed by atoms with Crippen LogP contribution in [0.25, 0.3) is 11.8 Å². The summed E-state index contributed by atoms with van der Waals surface area (Å²) in [5.41, 5.74) is 1.52. The summed E-state index contributed by atoms with van der Waals surface area (Å²) in [6.45, 7) is 6.94. The molecule has 0 saturated heterocycles. The number of allylic oxidation sites excluding steroid dienone is 2. The Morgan fingerprint density at radius 2 is 2.00 bits per heavy atom. The fraction of sp³-hybridized carbons (Fsp3) is 0.364. The Morgan fingerprint density at radius 1 is 1.31 bits per heavy atom. The van der Waals surface area contributed by atoms with Gasteiger partial charge in [0.15, 0.2) is 4.77 Å². The smallest absolute Gasteiger partial charge is 0.262 e. The van der Waals surface area contributed by atoms with E-state index >= 15 is 0 Å². The van der Waals surface area contributed by atoms with Gasteiger partial charge in [0.2, 0.25) is 5.88 Å². The largest absolute Gasteiger partial charge is 0.501 e. The summed E-state index contributed by atoms with van der Waals surface area (Å²) in [5.74, 6) is 0.290. The molecule has 0 bridgehead atoms. The van der Waals surface area contributed by atoms with Crippen LogP contribution >= 0.6 is 23.8 Å². The van der Waals surface area contributed by atoms with E-state index in [9.17, 15) is 9.90 Å². The van der Waals surface area contributed by atoms with Gasteiger partial charge in [-0.05, 0) is 81.6 Å². The van der Waals surface area contributed by atoms with Crippen molar-refractivity contribution in [3.05, 3.63) is 67.9 Å². The molecule has 5 nitrogen and oxygen atoms in total. The quantitative estimate of drug-likeness (QED) is 0.219. The van der Waals surface area contributed by atoms with E-state index in [1.807, 2.05) is 0 Å². The standard InChI is InChI=1S/C22H27ClN2O3S/c1-15(2)5-4-6-16(3)11-13-28-14-12-19-20(26)24-22(29)25(21(19)27)18-9-7-17(23)8-10-18/h5,7-10,12,14,16,27H,4,6,11,13H2,1-3H3,(H,24,26,29). The van der Waals surface area contributed by atoms with Crippen LogP contribution in [0.15, 0.2) is 47.0 Å². The molecule has 1 unspecified atom stereocenters. The van der Waals surface area contributed by atoms with Crippen LogP contribution in [0, 0.1) is 10.7 Å². The fourth-order valence-electron chi connectivity index (χ4n) is 2.77. The van der Waals surface area contributed by atoms with Crippen LogP contribution in [0.2, 0.25) is 5.02 Å². The summed E-state index contributed by atoms with van der Waals surface area (Å²) in [6.07, 6.45) is 8.22. The summed E-state index contributed by atoms with van der Waals surface area (Å²) in [5, 5.41) is 11.2. The molecule has 1 heterocycles. The zero-order valence-corrected chi connectivity index (χ0v) is 18.5. The average molecular weight is 435 g/mol.